The Balaban J connectivity index is 1.33. The summed E-state index contributed by atoms with van der Waals surface area (Å²) in [5.74, 6) is 0.375. The highest BCUT2D eigenvalue weighted by Gasteiger charge is 2.28. The van der Waals surface area contributed by atoms with Crippen LogP contribution in [0.4, 0.5) is 9.18 Å². The Bertz CT molecular complexity index is 1280. The van der Waals surface area contributed by atoms with Gasteiger partial charge in [-0.1, -0.05) is 12.1 Å². The number of amides is 1. The monoisotopic (exact) mass is 450 g/mol. The van der Waals surface area contributed by atoms with Crippen LogP contribution in [0, 0.1) is 5.82 Å². The number of rotatable bonds is 4. The molecule has 2 aromatic heterocycles. The van der Waals surface area contributed by atoms with E-state index in [9.17, 15) is 9.18 Å². The highest BCUT2D eigenvalue weighted by molar-refractivity contribution is 5.80. The maximum atomic E-state index is 14.6. The second-order valence-electron chi connectivity index (χ2n) is 8.35. The fourth-order valence-electron chi connectivity index (χ4n) is 4.03. The van der Waals surface area contributed by atoms with Crippen LogP contribution in [0.5, 0.6) is 0 Å². The van der Waals surface area contributed by atoms with Crippen molar-refractivity contribution < 1.29 is 18.3 Å². The van der Waals surface area contributed by atoms with Gasteiger partial charge < -0.3 is 14.1 Å². The van der Waals surface area contributed by atoms with E-state index in [4.69, 9.17) is 14.1 Å². The van der Waals surface area contributed by atoms with Crippen LogP contribution in [-0.4, -0.2) is 55.4 Å². The van der Waals surface area contributed by atoms with Crippen LogP contribution in [0.3, 0.4) is 0 Å². The molecule has 0 radical (unpaired) electrons. The summed E-state index contributed by atoms with van der Waals surface area (Å²) in [5.41, 5.74) is 3.22. The number of hydrogen-bond acceptors (Lipinski definition) is 7. The van der Waals surface area contributed by atoms with E-state index < -0.39 is 5.82 Å². The topological polar surface area (TPSA) is 99.2 Å². The number of hydrogen-bond donors (Lipinski definition) is 0. The molecule has 9 nitrogen and oxygen atoms in total. The average Bonchev–Trinajstić information content (AvgIpc) is 3.48. The maximum Gasteiger partial charge on any atom is 0.410 e. The summed E-state index contributed by atoms with van der Waals surface area (Å²) in [4.78, 5) is 18.5. The molecule has 0 atom stereocenters. The average molecular weight is 450 g/mol. The molecule has 0 aliphatic carbocycles. The van der Waals surface area contributed by atoms with Gasteiger partial charge in [0.25, 0.3) is 0 Å². The SMILES string of the molecule is CC(C)OC(=O)N1CCC(c2nc3cc(-c4ccc(-n5cnnn5)c(F)c4)ccc3o2)CC1. The van der Waals surface area contributed by atoms with Gasteiger partial charge in [-0.15, -0.1) is 5.10 Å². The fourth-order valence-corrected chi connectivity index (χ4v) is 4.03. The van der Waals surface area contributed by atoms with Gasteiger partial charge >= 0.3 is 6.09 Å². The zero-order chi connectivity index (χ0) is 22.9. The van der Waals surface area contributed by atoms with Gasteiger partial charge in [0.15, 0.2) is 11.5 Å². The zero-order valence-corrected chi connectivity index (χ0v) is 18.3. The van der Waals surface area contributed by atoms with Crippen molar-refractivity contribution in [3.05, 3.63) is 54.4 Å². The van der Waals surface area contributed by atoms with Crippen molar-refractivity contribution in [1.82, 2.24) is 30.1 Å². The number of piperidine rings is 1. The number of oxazole rings is 1. The number of tetrazole rings is 1. The van der Waals surface area contributed by atoms with Crippen molar-refractivity contribution in [2.75, 3.05) is 13.1 Å². The van der Waals surface area contributed by atoms with Crippen molar-refractivity contribution in [1.29, 1.82) is 0 Å². The number of nitrogens with zero attached hydrogens (tertiary/aromatic N) is 6. The Morgan fingerprint density at radius 2 is 1.91 bits per heavy atom. The van der Waals surface area contributed by atoms with E-state index in [2.05, 4.69) is 15.5 Å². The molecule has 10 heteroatoms. The van der Waals surface area contributed by atoms with Crippen molar-refractivity contribution in [3.63, 3.8) is 0 Å². The molecule has 1 aliphatic heterocycles. The van der Waals surface area contributed by atoms with E-state index in [0.717, 1.165) is 18.4 Å². The summed E-state index contributed by atoms with van der Waals surface area (Å²) in [5, 5.41) is 10.8. The molecule has 0 spiro atoms. The summed E-state index contributed by atoms with van der Waals surface area (Å²) < 4.78 is 27.2. The van der Waals surface area contributed by atoms with Crippen LogP contribution in [0.15, 0.2) is 47.1 Å². The third-order valence-electron chi connectivity index (χ3n) is 5.72. The minimum Gasteiger partial charge on any atom is -0.447 e. The van der Waals surface area contributed by atoms with Gasteiger partial charge in [0.1, 0.15) is 23.3 Å². The number of carbonyl (C=O) groups excluding carboxylic acids is 1. The third kappa shape index (κ3) is 4.28. The normalized spacial score (nSPS) is 14.8. The Labute approximate surface area is 189 Å². The van der Waals surface area contributed by atoms with Crippen molar-refractivity contribution >= 4 is 17.2 Å². The van der Waals surface area contributed by atoms with E-state index in [1.807, 2.05) is 38.1 Å². The lowest BCUT2D eigenvalue weighted by molar-refractivity contribution is 0.0681. The number of halogens is 1. The number of ether oxygens (including phenoxy) is 1. The van der Waals surface area contributed by atoms with Crippen LogP contribution in [0.25, 0.3) is 27.9 Å². The van der Waals surface area contributed by atoms with E-state index in [1.165, 1.54) is 17.1 Å². The highest BCUT2D eigenvalue weighted by Crippen LogP contribution is 2.32. The van der Waals surface area contributed by atoms with Gasteiger partial charge in [-0.25, -0.2) is 14.2 Å². The molecule has 1 fully saturated rings. The molecule has 0 saturated carbocycles. The molecule has 33 heavy (non-hydrogen) atoms. The number of benzene rings is 2. The minimum absolute atomic E-state index is 0.134. The lowest BCUT2D eigenvalue weighted by Crippen LogP contribution is -2.39. The molecule has 5 rings (SSSR count). The first kappa shape index (κ1) is 21.0. The van der Waals surface area contributed by atoms with E-state index in [1.54, 1.807) is 11.0 Å². The van der Waals surface area contributed by atoms with Gasteiger partial charge in [-0.05, 0) is 72.5 Å². The van der Waals surface area contributed by atoms with Crippen LogP contribution >= 0.6 is 0 Å². The molecule has 4 aromatic rings. The minimum atomic E-state index is -0.427. The molecule has 3 heterocycles. The predicted molar refractivity (Wildman–Crippen MR) is 117 cm³/mol. The molecule has 0 N–H and O–H groups in total. The molecule has 0 bridgehead atoms. The van der Waals surface area contributed by atoms with Gasteiger partial charge in [0, 0.05) is 19.0 Å². The van der Waals surface area contributed by atoms with E-state index >= 15 is 0 Å². The van der Waals surface area contributed by atoms with E-state index in [0.29, 0.717) is 35.6 Å². The standard InChI is InChI=1S/C23H23FN6O3/c1-14(2)32-23(31)29-9-7-15(8-10-29)22-26-19-12-17(4-6-21(19)33-22)16-3-5-20(18(24)11-16)30-13-25-27-28-30/h3-6,11-15H,7-10H2,1-2H3. The predicted octanol–water partition coefficient (Wildman–Crippen LogP) is 4.33. The van der Waals surface area contributed by atoms with Crippen molar-refractivity contribution in [2.45, 2.75) is 38.7 Å². The largest absolute Gasteiger partial charge is 0.447 e. The third-order valence-corrected chi connectivity index (χ3v) is 5.72. The van der Waals surface area contributed by atoms with Crippen LogP contribution in [-0.2, 0) is 4.74 Å². The number of carbonyl (C=O) groups is 1. The summed E-state index contributed by atoms with van der Waals surface area (Å²) in [7, 11) is 0. The lowest BCUT2D eigenvalue weighted by Gasteiger charge is -2.30. The van der Waals surface area contributed by atoms with Gasteiger partial charge in [-0.3, -0.25) is 0 Å². The molecular weight excluding hydrogens is 427 g/mol. The Morgan fingerprint density at radius 1 is 1.15 bits per heavy atom. The first-order valence-corrected chi connectivity index (χ1v) is 10.9. The van der Waals surface area contributed by atoms with E-state index in [-0.39, 0.29) is 23.8 Å². The summed E-state index contributed by atoms with van der Waals surface area (Å²) in [6.07, 6.45) is 2.46. The Hall–Kier alpha value is -3.82. The zero-order valence-electron chi connectivity index (χ0n) is 18.3. The second kappa shape index (κ2) is 8.61. The summed E-state index contributed by atoms with van der Waals surface area (Å²) >= 11 is 0. The fraction of sp³-hybridized carbons (Fsp3) is 0.348. The lowest BCUT2D eigenvalue weighted by atomic mass is 9.97. The second-order valence-corrected chi connectivity index (χ2v) is 8.35. The highest BCUT2D eigenvalue weighted by atomic mass is 19.1. The Kier molecular flexibility index (Phi) is 5.49. The molecule has 2 aromatic carbocycles. The van der Waals surface area contributed by atoms with Crippen molar-refractivity contribution in [2.24, 2.45) is 0 Å². The van der Waals surface area contributed by atoms with Crippen molar-refractivity contribution in [3.8, 4) is 16.8 Å². The first-order chi connectivity index (χ1) is 16.0. The molecule has 170 valence electrons. The number of fused-ring (bicyclic) bond motifs is 1. The molecule has 1 saturated heterocycles. The molecular formula is C23H23FN6O3. The van der Waals surface area contributed by atoms with Crippen LogP contribution in [0.1, 0.15) is 38.5 Å². The maximum absolute atomic E-state index is 14.6. The Morgan fingerprint density at radius 3 is 2.61 bits per heavy atom. The van der Waals surface area contributed by atoms with Crippen LogP contribution in [0.2, 0.25) is 0 Å². The smallest absolute Gasteiger partial charge is 0.410 e. The summed E-state index contributed by atoms with van der Waals surface area (Å²) in [6.45, 7) is 4.89. The van der Waals surface area contributed by atoms with Gasteiger partial charge in [-0.2, -0.15) is 4.68 Å². The van der Waals surface area contributed by atoms with Crippen LogP contribution < -0.4 is 0 Å². The first-order valence-electron chi connectivity index (χ1n) is 10.9. The van der Waals surface area contributed by atoms with Gasteiger partial charge in [0.05, 0.1) is 6.10 Å². The van der Waals surface area contributed by atoms with Gasteiger partial charge in [0.2, 0.25) is 0 Å². The molecule has 1 aliphatic rings. The summed E-state index contributed by atoms with van der Waals surface area (Å²) in [6, 6.07) is 10.5. The molecule has 0 unspecified atom stereocenters. The number of aromatic nitrogens is 5. The quantitative estimate of drug-likeness (QED) is 0.456. The number of likely N-dealkylation sites (tertiary alicyclic amines) is 1. The molecule has 1 amide bonds.